The number of carboxylic acid groups (broad SMARTS) is 1. The van der Waals surface area contributed by atoms with Crippen molar-refractivity contribution >= 4 is 32.6 Å². The molecule has 3 heterocycles. The van der Waals surface area contributed by atoms with Gasteiger partial charge in [-0.2, -0.15) is 5.10 Å². The van der Waals surface area contributed by atoms with Crippen LogP contribution < -0.4 is 4.31 Å². The smallest absolute Gasteiger partial charge is 0.328 e. The fourth-order valence-electron chi connectivity index (χ4n) is 4.29. The van der Waals surface area contributed by atoms with Crippen LogP contribution in [-0.2, 0) is 14.8 Å². The van der Waals surface area contributed by atoms with Crippen molar-refractivity contribution in [3.63, 3.8) is 0 Å². The fraction of sp³-hybridized carbons (Fsp3) is 0.308. The summed E-state index contributed by atoms with van der Waals surface area (Å²) in [5, 5.41) is 19.3. The number of nitrogens with zero attached hydrogens (tertiary/aromatic N) is 5. The van der Waals surface area contributed by atoms with Crippen molar-refractivity contribution in [2.45, 2.75) is 52.5 Å². The fourth-order valence-corrected chi connectivity index (χ4v) is 6.24. The molecule has 0 aliphatic rings. The van der Waals surface area contributed by atoms with Gasteiger partial charge in [0.05, 0.1) is 21.8 Å². The van der Waals surface area contributed by atoms with Crippen LogP contribution in [0.1, 0.15) is 37.9 Å². The van der Waals surface area contributed by atoms with E-state index in [1.54, 1.807) is 52.8 Å². The summed E-state index contributed by atoms with van der Waals surface area (Å²) in [6.07, 6.45) is 1.82. The van der Waals surface area contributed by atoms with Crippen molar-refractivity contribution in [1.82, 2.24) is 19.7 Å². The predicted molar refractivity (Wildman–Crippen MR) is 138 cm³/mol. The molecule has 1 N–H and O–H groups in total. The van der Waals surface area contributed by atoms with E-state index < -0.39 is 27.4 Å². The second-order valence-electron chi connectivity index (χ2n) is 9.96. The Balaban J connectivity index is 1.93. The molecule has 36 heavy (non-hydrogen) atoms. The Bertz CT molecular complexity index is 1530. The van der Waals surface area contributed by atoms with Gasteiger partial charge in [-0.05, 0) is 74.7 Å². The van der Waals surface area contributed by atoms with Crippen molar-refractivity contribution in [3.05, 3.63) is 71.8 Å². The minimum atomic E-state index is -4.26. The number of hydrogen-bond acceptors (Lipinski definition) is 6. The molecule has 0 spiro atoms. The largest absolute Gasteiger partial charge is 0.480 e. The third-order valence-electron chi connectivity index (χ3n) is 5.86. The van der Waals surface area contributed by atoms with Crippen LogP contribution in [0.25, 0.3) is 16.7 Å². The Labute approximate surface area is 210 Å². The van der Waals surface area contributed by atoms with Gasteiger partial charge in [0, 0.05) is 23.0 Å². The zero-order valence-corrected chi connectivity index (χ0v) is 21.9. The number of hydrogen-bond donors (Lipinski definition) is 1. The highest BCUT2D eigenvalue weighted by molar-refractivity contribution is 7.93. The molecule has 3 aromatic heterocycles. The SMILES string of the molecule is Cc1ccc(-n2ccc3cc(N(C(C(=O)O)C(C)(C)C)S(=O)(=O)c4cc(C)nc(C)c4)ccc32)nn1. The second kappa shape index (κ2) is 9.02. The molecule has 0 amide bonds. The molecular formula is C26H29N5O4S. The highest BCUT2D eigenvalue weighted by Gasteiger charge is 2.43. The Hall–Kier alpha value is -3.79. The van der Waals surface area contributed by atoms with Gasteiger partial charge >= 0.3 is 5.97 Å². The van der Waals surface area contributed by atoms with Crippen molar-refractivity contribution in [2.24, 2.45) is 5.41 Å². The van der Waals surface area contributed by atoms with Gasteiger partial charge in [-0.3, -0.25) is 13.9 Å². The van der Waals surface area contributed by atoms with Crippen molar-refractivity contribution in [1.29, 1.82) is 0 Å². The number of carbonyl (C=O) groups is 1. The quantitative estimate of drug-likeness (QED) is 0.410. The van der Waals surface area contributed by atoms with E-state index in [4.69, 9.17) is 0 Å². The summed E-state index contributed by atoms with van der Waals surface area (Å²) >= 11 is 0. The third-order valence-corrected chi connectivity index (χ3v) is 7.63. The van der Waals surface area contributed by atoms with Crippen LogP contribution in [0.3, 0.4) is 0 Å². The van der Waals surface area contributed by atoms with Crippen LogP contribution >= 0.6 is 0 Å². The molecule has 4 aromatic rings. The Kier molecular flexibility index (Phi) is 6.34. The molecule has 0 aliphatic heterocycles. The number of fused-ring (bicyclic) bond motifs is 1. The molecule has 9 nitrogen and oxygen atoms in total. The molecule has 1 atom stereocenters. The van der Waals surface area contributed by atoms with Crippen molar-refractivity contribution in [3.8, 4) is 5.82 Å². The van der Waals surface area contributed by atoms with E-state index in [9.17, 15) is 18.3 Å². The first-order valence-corrected chi connectivity index (χ1v) is 12.9. The lowest BCUT2D eigenvalue weighted by molar-refractivity contribution is -0.140. The molecule has 0 radical (unpaired) electrons. The van der Waals surface area contributed by atoms with E-state index in [1.165, 1.54) is 12.1 Å². The molecule has 0 fully saturated rings. The van der Waals surface area contributed by atoms with E-state index in [0.29, 0.717) is 17.2 Å². The van der Waals surface area contributed by atoms with E-state index >= 15 is 0 Å². The van der Waals surface area contributed by atoms with Crippen LogP contribution in [0.4, 0.5) is 5.69 Å². The maximum Gasteiger partial charge on any atom is 0.328 e. The number of sulfonamides is 1. The first-order chi connectivity index (χ1) is 16.8. The standard InChI is InChI=1S/C26H29N5O4S/c1-16-7-10-23(29-28-16)30-12-11-19-15-20(8-9-22(19)30)31(24(25(32)33)26(4,5)6)36(34,35)21-13-17(2)27-18(3)14-21/h7-15,24H,1-6H3,(H,32,33). The van der Waals surface area contributed by atoms with E-state index in [1.807, 2.05) is 35.9 Å². The summed E-state index contributed by atoms with van der Waals surface area (Å²) in [4.78, 5) is 16.8. The van der Waals surface area contributed by atoms with Gasteiger partial charge in [-0.25, -0.2) is 13.2 Å². The average Bonchev–Trinajstić information content (AvgIpc) is 3.19. The molecule has 1 unspecified atom stereocenters. The number of rotatable bonds is 6. The topological polar surface area (TPSA) is 118 Å². The molecule has 0 saturated heterocycles. The van der Waals surface area contributed by atoms with E-state index in [2.05, 4.69) is 15.2 Å². The van der Waals surface area contributed by atoms with Crippen LogP contribution in [0.15, 0.2) is 59.6 Å². The highest BCUT2D eigenvalue weighted by atomic mass is 32.2. The molecular weight excluding hydrogens is 478 g/mol. The summed E-state index contributed by atoms with van der Waals surface area (Å²) in [6.45, 7) is 10.4. The molecule has 1 aromatic carbocycles. The summed E-state index contributed by atoms with van der Waals surface area (Å²) in [6, 6.07) is 12.2. The molecule has 0 aliphatic carbocycles. The van der Waals surface area contributed by atoms with Gasteiger partial charge in [-0.1, -0.05) is 20.8 Å². The first-order valence-electron chi connectivity index (χ1n) is 11.4. The van der Waals surface area contributed by atoms with Gasteiger partial charge in [0.1, 0.15) is 6.04 Å². The van der Waals surface area contributed by atoms with Gasteiger partial charge in [-0.15, -0.1) is 5.10 Å². The monoisotopic (exact) mass is 507 g/mol. The molecule has 0 bridgehead atoms. The lowest BCUT2D eigenvalue weighted by Gasteiger charge is -2.37. The zero-order valence-electron chi connectivity index (χ0n) is 21.1. The van der Waals surface area contributed by atoms with Crippen molar-refractivity contribution in [2.75, 3.05) is 4.31 Å². The minimum Gasteiger partial charge on any atom is -0.480 e. The number of pyridine rings is 1. The molecule has 188 valence electrons. The minimum absolute atomic E-state index is 0.00408. The number of aromatic nitrogens is 4. The van der Waals surface area contributed by atoms with Gasteiger partial charge in [0.25, 0.3) is 10.0 Å². The maximum atomic E-state index is 14.0. The third kappa shape index (κ3) is 4.68. The lowest BCUT2D eigenvalue weighted by atomic mass is 9.86. The highest BCUT2D eigenvalue weighted by Crippen LogP contribution is 2.36. The number of anilines is 1. The summed E-state index contributed by atoms with van der Waals surface area (Å²) < 4.78 is 30.9. The second-order valence-corrected chi connectivity index (χ2v) is 11.8. The van der Waals surface area contributed by atoms with Gasteiger partial charge in [0.2, 0.25) is 0 Å². The zero-order chi connectivity index (χ0) is 26.4. The molecule has 10 heteroatoms. The van der Waals surface area contributed by atoms with Gasteiger partial charge in [0.15, 0.2) is 5.82 Å². The van der Waals surface area contributed by atoms with E-state index in [0.717, 1.165) is 20.9 Å². The normalized spacial score (nSPS) is 13.1. The molecule has 0 saturated carbocycles. The Morgan fingerprint density at radius 1 is 0.944 bits per heavy atom. The first kappa shape index (κ1) is 25.3. The summed E-state index contributed by atoms with van der Waals surface area (Å²) in [5.74, 6) is -0.616. The summed E-state index contributed by atoms with van der Waals surface area (Å²) in [7, 11) is -4.26. The number of carboxylic acids is 1. The van der Waals surface area contributed by atoms with Crippen LogP contribution in [0, 0.1) is 26.2 Å². The number of benzene rings is 1. The van der Waals surface area contributed by atoms with Crippen LogP contribution in [0.2, 0.25) is 0 Å². The predicted octanol–water partition coefficient (Wildman–Crippen LogP) is 4.44. The number of aryl methyl sites for hydroxylation is 3. The Morgan fingerprint density at radius 2 is 1.61 bits per heavy atom. The maximum absolute atomic E-state index is 14.0. The van der Waals surface area contributed by atoms with Gasteiger partial charge < -0.3 is 5.11 Å². The van der Waals surface area contributed by atoms with Crippen molar-refractivity contribution < 1.29 is 18.3 Å². The Morgan fingerprint density at radius 3 is 2.17 bits per heavy atom. The number of aliphatic carboxylic acids is 1. The molecule has 4 rings (SSSR count). The van der Waals surface area contributed by atoms with E-state index in [-0.39, 0.29) is 10.6 Å². The lowest BCUT2D eigenvalue weighted by Crippen LogP contribution is -2.52. The summed E-state index contributed by atoms with van der Waals surface area (Å²) in [5.41, 5.74) is 1.98. The van der Waals surface area contributed by atoms with Crippen LogP contribution in [0.5, 0.6) is 0 Å². The average molecular weight is 508 g/mol. The van der Waals surface area contributed by atoms with Crippen LogP contribution in [-0.4, -0.2) is 45.3 Å².